The Balaban J connectivity index is 1.89. The number of rotatable bonds is 8. The van der Waals surface area contributed by atoms with Crippen molar-refractivity contribution in [1.29, 1.82) is 0 Å². The number of hydrogen-bond donors (Lipinski definition) is 2. The molecule has 0 atom stereocenters. The van der Waals surface area contributed by atoms with Crippen LogP contribution in [0.1, 0.15) is 15.9 Å². The van der Waals surface area contributed by atoms with E-state index in [1.807, 2.05) is 0 Å². The van der Waals surface area contributed by atoms with Crippen molar-refractivity contribution in [2.45, 2.75) is 0 Å². The van der Waals surface area contributed by atoms with E-state index >= 15 is 0 Å². The van der Waals surface area contributed by atoms with Crippen molar-refractivity contribution in [3.05, 3.63) is 75.8 Å². The van der Waals surface area contributed by atoms with Crippen LogP contribution in [-0.2, 0) is 9.53 Å². The van der Waals surface area contributed by atoms with Gasteiger partial charge in [-0.15, -0.1) is 0 Å². The summed E-state index contributed by atoms with van der Waals surface area (Å²) in [6.07, 6.45) is 2.88. The van der Waals surface area contributed by atoms with Crippen LogP contribution in [0.2, 0.25) is 0 Å². The third-order valence-corrected chi connectivity index (χ3v) is 3.54. The third kappa shape index (κ3) is 6.37. The molecule has 0 heterocycles. The van der Waals surface area contributed by atoms with Gasteiger partial charge in [-0.25, -0.2) is 0 Å². The van der Waals surface area contributed by atoms with Crippen molar-refractivity contribution in [3.63, 3.8) is 0 Å². The maximum Gasteiger partial charge on any atom is 0.269 e. The molecule has 0 unspecified atom stereocenters. The number of methoxy groups -OCH3 is 1. The van der Waals surface area contributed by atoms with E-state index in [9.17, 15) is 19.7 Å². The Hall–Kier alpha value is -3.52. The van der Waals surface area contributed by atoms with Gasteiger partial charge in [-0.1, -0.05) is 0 Å². The highest BCUT2D eigenvalue weighted by molar-refractivity contribution is 6.02. The zero-order chi connectivity index (χ0) is 19.6. The van der Waals surface area contributed by atoms with Crippen LogP contribution in [0.5, 0.6) is 0 Å². The Bertz CT molecular complexity index is 829. The summed E-state index contributed by atoms with van der Waals surface area (Å²) in [6.45, 7) is 0.849. The minimum Gasteiger partial charge on any atom is -0.383 e. The molecule has 0 saturated carbocycles. The number of hydrogen-bond acceptors (Lipinski definition) is 5. The number of nitrogens with zero attached hydrogens (tertiary/aromatic N) is 1. The smallest absolute Gasteiger partial charge is 0.269 e. The molecule has 2 N–H and O–H groups in total. The normalized spacial score (nSPS) is 10.6. The molecule has 8 nitrogen and oxygen atoms in total. The van der Waals surface area contributed by atoms with E-state index in [4.69, 9.17) is 4.74 Å². The predicted octanol–water partition coefficient (Wildman–Crippen LogP) is 2.62. The van der Waals surface area contributed by atoms with E-state index in [0.29, 0.717) is 30.0 Å². The van der Waals surface area contributed by atoms with Gasteiger partial charge in [0.1, 0.15) is 0 Å². The summed E-state index contributed by atoms with van der Waals surface area (Å²) >= 11 is 0. The summed E-state index contributed by atoms with van der Waals surface area (Å²) in [5, 5.41) is 16.0. The first-order valence-electron chi connectivity index (χ1n) is 8.10. The summed E-state index contributed by atoms with van der Waals surface area (Å²) in [5.41, 5.74) is 1.68. The van der Waals surface area contributed by atoms with Gasteiger partial charge in [0, 0.05) is 43.1 Å². The quantitative estimate of drug-likeness (QED) is 0.322. The van der Waals surface area contributed by atoms with Gasteiger partial charge in [-0.2, -0.15) is 0 Å². The summed E-state index contributed by atoms with van der Waals surface area (Å²) in [4.78, 5) is 33.9. The molecule has 140 valence electrons. The summed E-state index contributed by atoms with van der Waals surface area (Å²) in [6, 6.07) is 12.3. The fourth-order valence-corrected chi connectivity index (χ4v) is 2.14. The first-order chi connectivity index (χ1) is 13.0. The molecule has 2 aromatic carbocycles. The van der Waals surface area contributed by atoms with Crippen molar-refractivity contribution in [2.75, 3.05) is 25.6 Å². The number of amides is 2. The number of nitro groups is 1. The van der Waals surface area contributed by atoms with Gasteiger partial charge in [0.2, 0.25) is 5.91 Å². The second-order valence-corrected chi connectivity index (χ2v) is 5.50. The van der Waals surface area contributed by atoms with Crippen LogP contribution < -0.4 is 10.6 Å². The maximum atomic E-state index is 12.0. The minimum absolute atomic E-state index is 0.0112. The molecule has 0 bridgehead atoms. The first-order valence-corrected chi connectivity index (χ1v) is 8.10. The van der Waals surface area contributed by atoms with Crippen molar-refractivity contribution < 1.29 is 19.2 Å². The Kier molecular flexibility index (Phi) is 7.21. The number of anilines is 1. The number of carbonyl (C=O) groups excluding carboxylic acids is 2. The van der Waals surface area contributed by atoms with Crippen LogP contribution in [0.4, 0.5) is 11.4 Å². The van der Waals surface area contributed by atoms with Gasteiger partial charge >= 0.3 is 0 Å². The number of nitrogens with one attached hydrogen (secondary N) is 2. The monoisotopic (exact) mass is 369 g/mol. The first kappa shape index (κ1) is 19.8. The minimum atomic E-state index is -0.484. The molecule has 0 spiro atoms. The standard InChI is InChI=1S/C19H19N3O5/c1-27-13-12-20-19(24)15-5-7-16(8-6-15)21-18(23)11-4-14-2-9-17(10-3-14)22(25)26/h2-11H,12-13H2,1H3,(H,20,24)(H,21,23)/b11-4+. The van der Waals surface area contributed by atoms with Gasteiger partial charge in [-0.05, 0) is 48.0 Å². The van der Waals surface area contributed by atoms with Crippen LogP contribution in [0.15, 0.2) is 54.6 Å². The topological polar surface area (TPSA) is 111 Å². The fraction of sp³-hybridized carbons (Fsp3) is 0.158. The zero-order valence-electron chi connectivity index (χ0n) is 14.7. The molecular weight excluding hydrogens is 350 g/mol. The molecule has 2 aromatic rings. The molecule has 2 rings (SSSR count). The van der Waals surface area contributed by atoms with E-state index in [1.54, 1.807) is 49.6 Å². The molecule has 0 aliphatic carbocycles. The van der Waals surface area contributed by atoms with E-state index in [1.165, 1.54) is 18.2 Å². The third-order valence-electron chi connectivity index (χ3n) is 3.54. The molecule has 0 aliphatic rings. The van der Waals surface area contributed by atoms with Crippen molar-refractivity contribution in [2.24, 2.45) is 0 Å². The lowest BCUT2D eigenvalue weighted by Gasteiger charge is -2.06. The predicted molar refractivity (Wildman–Crippen MR) is 101 cm³/mol. The number of non-ortho nitro benzene ring substituents is 1. The van der Waals surface area contributed by atoms with Crippen LogP contribution in [0, 0.1) is 10.1 Å². The lowest BCUT2D eigenvalue weighted by molar-refractivity contribution is -0.384. The number of nitro benzene ring substituents is 1. The zero-order valence-corrected chi connectivity index (χ0v) is 14.7. The molecule has 2 amide bonds. The van der Waals surface area contributed by atoms with E-state index in [-0.39, 0.29) is 17.5 Å². The molecular formula is C19H19N3O5. The van der Waals surface area contributed by atoms with Crippen molar-refractivity contribution >= 4 is 29.3 Å². The van der Waals surface area contributed by atoms with Gasteiger partial charge in [0.25, 0.3) is 11.6 Å². The molecule has 0 saturated heterocycles. The van der Waals surface area contributed by atoms with Gasteiger partial charge in [0.15, 0.2) is 0 Å². The van der Waals surface area contributed by atoms with E-state index in [2.05, 4.69) is 10.6 Å². The number of carbonyl (C=O) groups is 2. The molecule has 0 radical (unpaired) electrons. The molecule has 0 fully saturated rings. The second-order valence-electron chi connectivity index (χ2n) is 5.50. The van der Waals surface area contributed by atoms with Gasteiger partial charge in [-0.3, -0.25) is 19.7 Å². The largest absolute Gasteiger partial charge is 0.383 e. The Labute approximate surface area is 156 Å². The number of benzene rings is 2. The Morgan fingerprint density at radius 2 is 1.78 bits per heavy atom. The molecule has 8 heteroatoms. The maximum absolute atomic E-state index is 12.0. The van der Waals surface area contributed by atoms with Gasteiger partial charge < -0.3 is 15.4 Å². The Morgan fingerprint density at radius 3 is 2.37 bits per heavy atom. The highest BCUT2D eigenvalue weighted by Crippen LogP contribution is 2.13. The average Bonchev–Trinajstić information content (AvgIpc) is 2.67. The Morgan fingerprint density at radius 1 is 1.11 bits per heavy atom. The second kappa shape index (κ2) is 9.83. The van der Waals surface area contributed by atoms with Crippen LogP contribution in [0.25, 0.3) is 6.08 Å². The van der Waals surface area contributed by atoms with Crippen LogP contribution >= 0.6 is 0 Å². The molecule has 0 aromatic heterocycles. The SMILES string of the molecule is COCCNC(=O)c1ccc(NC(=O)/C=C/c2ccc([N+](=O)[O-])cc2)cc1. The van der Waals surface area contributed by atoms with Crippen LogP contribution in [0.3, 0.4) is 0 Å². The number of ether oxygens (including phenoxy) is 1. The lowest BCUT2D eigenvalue weighted by Crippen LogP contribution is -2.26. The highest BCUT2D eigenvalue weighted by Gasteiger charge is 2.06. The van der Waals surface area contributed by atoms with Crippen molar-refractivity contribution in [1.82, 2.24) is 5.32 Å². The van der Waals surface area contributed by atoms with E-state index in [0.717, 1.165) is 0 Å². The average molecular weight is 369 g/mol. The van der Waals surface area contributed by atoms with Crippen molar-refractivity contribution in [3.8, 4) is 0 Å². The van der Waals surface area contributed by atoms with Crippen LogP contribution in [-0.4, -0.2) is 37.0 Å². The summed E-state index contributed by atoms with van der Waals surface area (Å²) in [7, 11) is 1.56. The molecule has 0 aliphatic heterocycles. The van der Waals surface area contributed by atoms with E-state index < -0.39 is 4.92 Å². The summed E-state index contributed by atoms with van der Waals surface area (Å²) < 4.78 is 4.86. The van der Waals surface area contributed by atoms with Gasteiger partial charge in [0.05, 0.1) is 11.5 Å². The molecule has 27 heavy (non-hydrogen) atoms. The lowest BCUT2D eigenvalue weighted by atomic mass is 10.2. The highest BCUT2D eigenvalue weighted by atomic mass is 16.6. The fourth-order valence-electron chi connectivity index (χ4n) is 2.14. The summed E-state index contributed by atoms with van der Waals surface area (Å²) in [5.74, 6) is -0.575.